The van der Waals surface area contributed by atoms with Gasteiger partial charge in [-0.3, -0.25) is 4.68 Å². The number of nitrogens with zero attached hydrogens (tertiary/aromatic N) is 2. The van der Waals surface area contributed by atoms with Crippen LogP contribution in [0.5, 0.6) is 0 Å². The van der Waals surface area contributed by atoms with E-state index in [0.29, 0.717) is 4.90 Å². The number of rotatable bonds is 6. The second kappa shape index (κ2) is 6.88. The van der Waals surface area contributed by atoms with Crippen LogP contribution in [0.2, 0.25) is 0 Å². The summed E-state index contributed by atoms with van der Waals surface area (Å²) in [4.78, 5) is 1.38. The van der Waals surface area contributed by atoms with Crippen LogP contribution in [0.1, 0.15) is 22.0 Å². The lowest BCUT2D eigenvalue weighted by Gasteiger charge is -2.18. The van der Waals surface area contributed by atoms with Crippen LogP contribution in [0.15, 0.2) is 59.1 Å². The van der Waals surface area contributed by atoms with Gasteiger partial charge < -0.3 is 0 Å². The number of sulfonamides is 1. The molecule has 0 bridgehead atoms. The van der Waals surface area contributed by atoms with Crippen molar-refractivity contribution in [2.24, 2.45) is 0 Å². The van der Waals surface area contributed by atoms with E-state index < -0.39 is 10.0 Å². The quantitative estimate of drug-likeness (QED) is 0.734. The van der Waals surface area contributed by atoms with Gasteiger partial charge in [0.15, 0.2) is 0 Å². The second-order valence-corrected chi connectivity index (χ2v) is 8.35. The summed E-state index contributed by atoms with van der Waals surface area (Å²) >= 11 is 1.59. The zero-order valence-corrected chi connectivity index (χ0v) is 15.1. The van der Waals surface area contributed by atoms with Gasteiger partial charge >= 0.3 is 0 Å². The van der Waals surface area contributed by atoms with Gasteiger partial charge in [-0.2, -0.15) is 5.10 Å². The molecule has 126 valence electrons. The average molecular weight is 361 g/mol. The van der Waals surface area contributed by atoms with Gasteiger partial charge in [-0.05, 0) is 43.0 Å². The molecule has 0 amide bonds. The lowest BCUT2D eigenvalue weighted by molar-refractivity contribution is 0.511. The third-order valence-electron chi connectivity index (χ3n) is 3.80. The Hall–Kier alpha value is -1.96. The highest BCUT2D eigenvalue weighted by Gasteiger charge is 2.21. The van der Waals surface area contributed by atoms with Crippen molar-refractivity contribution in [3.63, 3.8) is 0 Å². The van der Waals surface area contributed by atoms with Crippen LogP contribution in [0.25, 0.3) is 0 Å². The number of thiophene rings is 1. The van der Waals surface area contributed by atoms with Crippen LogP contribution in [-0.2, 0) is 10.0 Å². The molecule has 3 rings (SSSR count). The van der Waals surface area contributed by atoms with Gasteiger partial charge in [0.1, 0.15) is 0 Å². The van der Waals surface area contributed by atoms with Crippen molar-refractivity contribution < 1.29 is 8.42 Å². The molecule has 2 aromatic heterocycles. The van der Waals surface area contributed by atoms with Crippen LogP contribution in [0.4, 0.5) is 0 Å². The Bertz CT molecular complexity index is 867. The SMILES string of the molecule is Cc1ccc(S(=O)(=O)NCC(c2cccs2)n2cccn2)c(C)c1. The molecular formula is C17H19N3O2S2. The number of hydrogen-bond donors (Lipinski definition) is 1. The van der Waals surface area contributed by atoms with Crippen LogP contribution in [0, 0.1) is 13.8 Å². The monoisotopic (exact) mass is 361 g/mol. The Morgan fingerprint density at radius 1 is 1.25 bits per heavy atom. The summed E-state index contributed by atoms with van der Waals surface area (Å²) in [6, 6.07) is 10.9. The van der Waals surface area contributed by atoms with Gasteiger partial charge in [0.25, 0.3) is 0 Å². The largest absolute Gasteiger partial charge is 0.263 e. The zero-order chi connectivity index (χ0) is 17.2. The summed E-state index contributed by atoms with van der Waals surface area (Å²) in [5.74, 6) is 0. The lowest BCUT2D eigenvalue weighted by atomic mass is 10.2. The summed E-state index contributed by atoms with van der Waals surface area (Å²) in [5.41, 5.74) is 1.79. The molecule has 0 saturated carbocycles. The molecule has 0 fully saturated rings. The second-order valence-electron chi connectivity index (χ2n) is 5.64. The van der Waals surface area contributed by atoms with E-state index in [-0.39, 0.29) is 12.6 Å². The summed E-state index contributed by atoms with van der Waals surface area (Å²) in [5, 5.41) is 6.24. The van der Waals surface area contributed by atoms with Crippen molar-refractivity contribution in [2.45, 2.75) is 24.8 Å². The minimum absolute atomic E-state index is 0.166. The van der Waals surface area contributed by atoms with E-state index in [1.54, 1.807) is 28.3 Å². The molecular weight excluding hydrogens is 342 g/mol. The molecule has 1 aromatic carbocycles. The molecule has 1 atom stereocenters. The van der Waals surface area contributed by atoms with Crippen LogP contribution >= 0.6 is 11.3 Å². The first-order chi connectivity index (χ1) is 11.5. The molecule has 2 heterocycles. The Labute approximate surface area is 146 Å². The third kappa shape index (κ3) is 3.58. The number of aromatic nitrogens is 2. The Morgan fingerprint density at radius 2 is 2.08 bits per heavy atom. The van der Waals surface area contributed by atoms with Crippen molar-refractivity contribution in [3.8, 4) is 0 Å². The highest BCUT2D eigenvalue weighted by atomic mass is 32.2. The van der Waals surface area contributed by atoms with E-state index in [0.717, 1.165) is 16.0 Å². The fraction of sp³-hybridized carbons (Fsp3) is 0.235. The molecule has 3 aromatic rings. The maximum absolute atomic E-state index is 12.7. The molecule has 0 aliphatic heterocycles. The zero-order valence-electron chi connectivity index (χ0n) is 13.5. The molecule has 0 aliphatic rings. The van der Waals surface area contributed by atoms with Crippen molar-refractivity contribution in [2.75, 3.05) is 6.54 Å². The number of benzene rings is 1. The first-order valence-electron chi connectivity index (χ1n) is 7.57. The van der Waals surface area contributed by atoms with E-state index in [9.17, 15) is 8.42 Å². The van der Waals surface area contributed by atoms with Gasteiger partial charge in [-0.25, -0.2) is 13.1 Å². The average Bonchev–Trinajstić information content (AvgIpc) is 3.20. The summed E-state index contributed by atoms with van der Waals surface area (Å²) in [6.45, 7) is 4.00. The van der Waals surface area contributed by atoms with Gasteiger partial charge in [-0.15, -0.1) is 11.3 Å². The standard InChI is InChI=1S/C17H19N3O2S2/c1-13-6-7-17(14(2)11-13)24(21,22)19-12-15(16-5-3-10-23-16)20-9-4-8-18-20/h3-11,15,19H,12H2,1-2H3. The molecule has 5 nitrogen and oxygen atoms in total. The lowest BCUT2D eigenvalue weighted by Crippen LogP contribution is -2.31. The van der Waals surface area contributed by atoms with Crippen molar-refractivity contribution in [1.82, 2.24) is 14.5 Å². The maximum atomic E-state index is 12.7. The third-order valence-corrected chi connectivity index (χ3v) is 6.36. The molecule has 1 unspecified atom stereocenters. The molecule has 0 spiro atoms. The minimum Gasteiger partial charge on any atom is -0.263 e. The van der Waals surface area contributed by atoms with Gasteiger partial charge in [0.05, 0.1) is 10.9 Å². The predicted octanol–water partition coefficient (Wildman–Crippen LogP) is 3.13. The van der Waals surface area contributed by atoms with Gasteiger partial charge in [0.2, 0.25) is 10.0 Å². The Morgan fingerprint density at radius 3 is 2.71 bits per heavy atom. The minimum atomic E-state index is -3.57. The van der Waals surface area contributed by atoms with Crippen LogP contribution in [-0.4, -0.2) is 24.7 Å². The summed E-state index contributed by atoms with van der Waals surface area (Å²) in [7, 11) is -3.57. The molecule has 24 heavy (non-hydrogen) atoms. The van der Waals surface area contributed by atoms with E-state index in [1.807, 2.05) is 55.8 Å². The smallest absolute Gasteiger partial charge is 0.240 e. The first kappa shape index (κ1) is 16.9. The number of nitrogens with one attached hydrogen (secondary N) is 1. The fourth-order valence-corrected chi connectivity index (χ4v) is 4.72. The van der Waals surface area contributed by atoms with E-state index >= 15 is 0 Å². The molecule has 1 N–H and O–H groups in total. The molecule has 0 radical (unpaired) electrons. The highest BCUT2D eigenvalue weighted by molar-refractivity contribution is 7.89. The number of aryl methyl sites for hydroxylation is 2. The first-order valence-corrected chi connectivity index (χ1v) is 9.93. The highest BCUT2D eigenvalue weighted by Crippen LogP contribution is 2.23. The van der Waals surface area contributed by atoms with Crippen molar-refractivity contribution >= 4 is 21.4 Å². The molecule has 7 heteroatoms. The van der Waals surface area contributed by atoms with Crippen LogP contribution in [0.3, 0.4) is 0 Å². The maximum Gasteiger partial charge on any atom is 0.240 e. The predicted molar refractivity (Wildman–Crippen MR) is 95.8 cm³/mol. The number of hydrogen-bond acceptors (Lipinski definition) is 4. The summed E-state index contributed by atoms with van der Waals surface area (Å²) < 4.78 is 29.8. The van der Waals surface area contributed by atoms with Crippen molar-refractivity contribution in [1.29, 1.82) is 0 Å². The van der Waals surface area contributed by atoms with Gasteiger partial charge in [0, 0.05) is 23.8 Å². The molecule has 0 aliphatic carbocycles. The van der Waals surface area contributed by atoms with Crippen molar-refractivity contribution in [3.05, 3.63) is 70.2 Å². The van der Waals surface area contributed by atoms with Crippen LogP contribution < -0.4 is 4.72 Å². The normalized spacial score (nSPS) is 13.1. The Kier molecular flexibility index (Phi) is 4.84. The van der Waals surface area contributed by atoms with E-state index in [2.05, 4.69) is 9.82 Å². The molecule has 0 saturated heterocycles. The summed E-state index contributed by atoms with van der Waals surface area (Å²) in [6.07, 6.45) is 3.54. The Balaban J connectivity index is 1.84. The van der Waals surface area contributed by atoms with Gasteiger partial charge in [-0.1, -0.05) is 23.8 Å². The van der Waals surface area contributed by atoms with E-state index in [1.165, 1.54) is 0 Å². The topological polar surface area (TPSA) is 64.0 Å². The van der Waals surface area contributed by atoms with E-state index in [4.69, 9.17) is 0 Å². The fourth-order valence-electron chi connectivity index (χ4n) is 2.64.